The predicted octanol–water partition coefficient (Wildman–Crippen LogP) is 4.27. The average Bonchev–Trinajstić information content (AvgIpc) is 2.39. The Labute approximate surface area is 118 Å². The molecule has 18 heavy (non-hydrogen) atoms. The maximum absolute atomic E-state index is 12.0. The number of amides is 1. The normalized spacial score (nSPS) is 12.2. The Kier molecular flexibility index (Phi) is 7.28. The Hall–Kier alpha value is -0.610. The number of nitrogens with one attached hydrogen (secondary N) is 1. The van der Waals surface area contributed by atoms with Crippen LogP contribution in [0.25, 0.3) is 0 Å². The minimum Gasteiger partial charge on any atom is -0.324 e. The summed E-state index contributed by atoms with van der Waals surface area (Å²) in [5, 5.41) is 3.01. The maximum Gasteiger partial charge on any atom is 0.237 e. The third-order valence-corrected chi connectivity index (χ3v) is 4.63. The maximum atomic E-state index is 12.0. The molecule has 1 amide bonds. The van der Waals surface area contributed by atoms with Gasteiger partial charge in [0.1, 0.15) is 0 Å². The van der Waals surface area contributed by atoms with Crippen LogP contribution in [0.3, 0.4) is 0 Å². The van der Waals surface area contributed by atoms with Crippen LogP contribution in [-0.2, 0) is 4.79 Å². The van der Waals surface area contributed by atoms with E-state index in [0.29, 0.717) is 0 Å². The fourth-order valence-electron chi connectivity index (χ4n) is 1.46. The van der Waals surface area contributed by atoms with Gasteiger partial charge in [-0.05, 0) is 37.5 Å². The molecule has 4 heteroatoms. The SMILES string of the molecule is CCCCSC(C)C(=O)Nc1ccccc1SC. The van der Waals surface area contributed by atoms with Crippen LogP contribution in [0.5, 0.6) is 0 Å². The van der Waals surface area contributed by atoms with Crippen LogP contribution in [0, 0.1) is 0 Å². The zero-order valence-electron chi connectivity index (χ0n) is 11.2. The van der Waals surface area contributed by atoms with Gasteiger partial charge in [-0.2, -0.15) is 0 Å². The quantitative estimate of drug-likeness (QED) is 0.598. The molecule has 0 saturated carbocycles. The molecule has 0 saturated heterocycles. The Morgan fingerprint density at radius 1 is 1.39 bits per heavy atom. The smallest absolute Gasteiger partial charge is 0.237 e. The summed E-state index contributed by atoms with van der Waals surface area (Å²) in [4.78, 5) is 13.1. The second-order valence-electron chi connectivity index (χ2n) is 4.06. The molecule has 1 N–H and O–H groups in total. The summed E-state index contributed by atoms with van der Waals surface area (Å²) >= 11 is 3.37. The molecule has 2 nitrogen and oxygen atoms in total. The van der Waals surface area contributed by atoms with Crippen molar-refractivity contribution in [3.63, 3.8) is 0 Å². The molecule has 0 aliphatic rings. The van der Waals surface area contributed by atoms with Gasteiger partial charge in [0.2, 0.25) is 5.91 Å². The van der Waals surface area contributed by atoms with E-state index in [4.69, 9.17) is 0 Å². The second kappa shape index (κ2) is 8.48. The number of hydrogen-bond donors (Lipinski definition) is 1. The zero-order valence-corrected chi connectivity index (χ0v) is 12.9. The van der Waals surface area contributed by atoms with Crippen LogP contribution >= 0.6 is 23.5 Å². The number of carbonyl (C=O) groups is 1. The number of thioether (sulfide) groups is 2. The first-order valence-electron chi connectivity index (χ1n) is 6.24. The molecule has 0 aliphatic heterocycles. The lowest BCUT2D eigenvalue weighted by Gasteiger charge is -2.13. The molecule has 0 aromatic heterocycles. The molecule has 100 valence electrons. The lowest BCUT2D eigenvalue weighted by Crippen LogP contribution is -2.23. The van der Waals surface area contributed by atoms with Gasteiger partial charge in [-0.25, -0.2) is 0 Å². The number of hydrogen-bond acceptors (Lipinski definition) is 3. The van der Waals surface area contributed by atoms with Crippen LogP contribution in [0.2, 0.25) is 0 Å². The molecule has 1 aromatic carbocycles. The third-order valence-electron chi connectivity index (χ3n) is 2.60. The van der Waals surface area contributed by atoms with Gasteiger partial charge in [0.05, 0.1) is 10.9 Å². The first-order valence-corrected chi connectivity index (χ1v) is 8.51. The Morgan fingerprint density at radius 3 is 2.78 bits per heavy atom. The summed E-state index contributed by atoms with van der Waals surface area (Å²) in [5.41, 5.74) is 0.915. The summed E-state index contributed by atoms with van der Waals surface area (Å²) in [7, 11) is 0. The number of anilines is 1. The predicted molar refractivity (Wildman–Crippen MR) is 83.7 cm³/mol. The van der Waals surface area contributed by atoms with Gasteiger partial charge >= 0.3 is 0 Å². The van der Waals surface area contributed by atoms with E-state index in [0.717, 1.165) is 16.3 Å². The number of benzene rings is 1. The first-order chi connectivity index (χ1) is 8.69. The van der Waals surface area contributed by atoms with Crippen LogP contribution in [0.4, 0.5) is 5.69 Å². The van der Waals surface area contributed by atoms with E-state index in [1.54, 1.807) is 23.5 Å². The van der Waals surface area contributed by atoms with Crippen LogP contribution < -0.4 is 5.32 Å². The minimum atomic E-state index is 0.00598. The Balaban J connectivity index is 2.53. The molecule has 0 radical (unpaired) electrons. The molecule has 0 spiro atoms. The van der Waals surface area contributed by atoms with E-state index < -0.39 is 0 Å². The minimum absolute atomic E-state index is 0.00598. The van der Waals surface area contributed by atoms with Crippen LogP contribution in [-0.4, -0.2) is 23.2 Å². The zero-order chi connectivity index (χ0) is 13.4. The number of unbranched alkanes of at least 4 members (excludes halogenated alkanes) is 1. The van der Waals surface area contributed by atoms with Gasteiger partial charge < -0.3 is 5.32 Å². The lowest BCUT2D eigenvalue weighted by atomic mass is 10.3. The summed E-state index contributed by atoms with van der Waals surface area (Å²) < 4.78 is 0. The molecule has 1 rings (SSSR count). The van der Waals surface area contributed by atoms with E-state index in [1.807, 2.05) is 37.4 Å². The van der Waals surface area contributed by atoms with Gasteiger partial charge in [-0.15, -0.1) is 23.5 Å². The molecule has 0 aliphatic carbocycles. The van der Waals surface area contributed by atoms with Crippen molar-refractivity contribution >= 4 is 35.1 Å². The number of carbonyl (C=O) groups excluding carboxylic acids is 1. The molecule has 0 heterocycles. The van der Waals surface area contributed by atoms with Crippen LogP contribution in [0.1, 0.15) is 26.7 Å². The lowest BCUT2D eigenvalue weighted by molar-refractivity contribution is -0.115. The third kappa shape index (κ3) is 4.94. The molecule has 1 unspecified atom stereocenters. The molecule has 0 bridgehead atoms. The van der Waals surface area contributed by atoms with Crippen molar-refractivity contribution in [2.45, 2.75) is 36.8 Å². The van der Waals surface area contributed by atoms with Gasteiger partial charge in [0.15, 0.2) is 0 Å². The van der Waals surface area contributed by atoms with E-state index >= 15 is 0 Å². The molecule has 1 aromatic rings. The summed E-state index contributed by atoms with van der Waals surface area (Å²) in [6.45, 7) is 4.14. The van der Waals surface area contributed by atoms with Crippen molar-refractivity contribution in [2.75, 3.05) is 17.3 Å². The summed E-state index contributed by atoms with van der Waals surface area (Å²) in [5.74, 6) is 1.15. The molecular weight excluding hydrogens is 262 g/mol. The standard InChI is InChI=1S/C14H21NOS2/c1-4-5-10-18-11(2)14(16)15-12-8-6-7-9-13(12)17-3/h6-9,11H,4-5,10H2,1-3H3,(H,15,16). The topological polar surface area (TPSA) is 29.1 Å². The van der Waals surface area contributed by atoms with Crippen LogP contribution in [0.15, 0.2) is 29.2 Å². The number of rotatable bonds is 7. The highest BCUT2D eigenvalue weighted by atomic mass is 32.2. The van der Waals surface area contributed by atoms with Gasteiger partial charge in [-0.3, -0.25) is 4.79 Å². The first kappa shape index (κ1) is 15.4. The van der Waals surface area contributed by atoms with Gasteiger partial charge in [0.25, 0.3) is 0 Å². The molecular formula is C14H21NOS2. The van der Waals surface area contributed by atoms with Gasteiger partial charge in [0, 0.05) is 4.90 Å². The Bertz CT molecular complexity index is 382. The average molecular weight is 283 g/mol. The van der Waals surface area contributed by atoms with Crippen molar-refractivity contribution in [1.29, 1.82) is 0 Å². The largest absolute Gasteiger partial charge is 0.324 e. The van der Waals surface area contributed by atoms with E-state index in [1.165, 1.54) is 12.8 Å². The van der Waals surface area contributed by atoms with E-state index in [2.05, 4.69) is 12.2 Å². The highest BCUT2D eigenvalue weighted by molar-refractivity contribution is 8.00. The molecule has 1 atom stereocenters. The highest BCUT2D eigenvalue weighted by Gasteiger charge is 2.14. The van der Waals surface area contributed by atoms with Crippen molar-refractivity contribution in [2.24, 2.45) is 0 Å². The van der Waals surface area contributed by atoms with E-state index in [9.17, 15) is 4.79 Å². The Morgan fingerprint density at radius 2 is 2.11 bits per heavy atom. The van der Waals surface area contributed by atoms with E-state index in [-0.39, 0.29) is 11.2 Å². The van der Waals surface area contributed by atoms with Crippen molar-refractivity contribution in [3.05, 3.63) is 24.3 Å². The van der Waals surface area contributed by atoms with Crippen molar-refractivity contribution < 1.29 is 4.79 Å². The fourth-order valence-corrected chi connectivity index (χ4v) is 3.04. The van der Waals surface area contributed by atoms with Crippen molar-refractivity contribution in [1.82, 2.24) is 0 Å². The number of para-hydroxylation sites is 1. The highest BCUT2D eigenvalue weighted by Crippen LogP contribution is 2.25. The monoisotopic (exact) mass is 283 g/mol. The summed E-state index contributed by atoms with van der Waals surface area (Å²) in [6, 6.07) is 7.91. The fraction of sp³-hybridized carbons (Fsp3) is 0.500. The summed E-state index contributed by atoms with van der Waals surface area (Å²) in [6.07, 6.45) is 4.37. The van der Waals surface area contributed by atoms with Gasteiger partial charge in [-0.1, -0.05) is 25.5 Å². The molecule has 0 fully saturated rings. The van der Waals surface area contributed by atoms with Crippen molar-refractivity contribution in [3.8, 4) is 0 Å². The second-order valence-corrected chi connectivity index (χ2v) is 6.35.